The van der Waals surface area contributed by atoms with E-state index in [9.17, 15) is 0 Å². The highest BCUT2D eigenvalue weighted by Gasteiger charge is 2.25. The van der Waals surface area contributed by atoms with E-state index in [1.165, 1.54) is 30.4 Å². The number of methoxy groups -OCH3 is 1. The summed E-state index contributed by atoms with van der Waals surface area (Å²) in [4.78, 5) is 0. The van der Waals surface area contributed by atoms with Gasteiger partial charge < -0.3 is 10.5 Å². The molecule has 0 aliphatic heterocycles. The molecule has 0 radical (unpaired) electrons. The molecule has 2 nitrogen and oxygen atoms in total. The minimum absolute atomic E-state index is 0.0847. The molecule has 0 aromatic heterocycles. The molecule has 1 unspecified atom stereocenters. The maximum Gasteiger partial charge on any atom is 0.126 e. The Kier molecular flexibility index (Phi) is 4.33. The molecule has 1 aliphatic carbocycles. The largest absolute Gasteiger partial charge is 0.496 e. The molecule has 2 rings (SSSR count). The summed E-state index contributed by atoms with van der Waals surface area (Å²) in [5.74, 6) is 1.77. The van der Waals surface area contributed by atoms with Crippen LogP contribution in [0, 0.1) is 19.8 Å². The van der Waals surface area contributed by atoms with E-state index < -0.39 is 0 Å². The normalized spacial score (nSPS) is 17.4. The first kappa shape index (κ1) is 13.9. The van der Waals surface area contributed by atoms with E-state index in [4.69, 9.17) is 10.5 Å². The van der Waals surface area contributed by atoms with E-state index >= 15 is 0 Å². The van der Waals surface area contributed by atoms with E-state index in [1.807, 2.05) is 0 Å². The SMILES string of the molecule is COc1c(C)cc(Br)c(C)c1C(N)CC1CCC1. The molecule has 0 saturated heterocycles. The second-order valence-electron chi connectivity index (χ2n) is 5.39. The third-order valence-electron chi connectivity index (χ3n) is 4.10. The van der Waals surface area contributed by atoms with Crippen LogP contribution in [0.3, 0.4) is 0 Å². The zero-order valence-electron chi connectivity index (χ0n) is 11.4. The van der Waals surface area contributed by atoms with Crippen LogP contribution in [0.5, 0.6) is 5.75 Å². The van der Waals surface area contributed by atoms with Crippen LogP contribution in [-0.4, -0.2) is 7.11 Å². The first-order valence-electron chi connectivity index (χ1n) is 6.63. The summed E-state index contributed by atoms with van der Waals surface area (Å²) in [5.41, 5.74) is 9.96. The third kappa shape index (κ3) is 2.57. The number of benzene rings is 1. The summed E-state index contributed by atoms with van der Waals surface area (Å²) in [5, 5.41) is 0. The van der Waals surface area contributed by atoms with Crippen LogP contribution in [0.1, 0.15) is 48.4 Å². The highest BCUT2D eigenvalue weighted by molar-refractivity contribution is 9.10. The second kappa shape index (κ2) is 5.62. The quantitative estimate of drug-likeness (QED) is 0.901. The lowest BCUT2D eigenvalue weighted by Gasteiger charge is -2.30. The highest BCUT2D eigenvalue weighted by Crippen LogP contribution is 2.40. The Hall–Kier alpha value is -0.540. The average molecular weight is 312 g/mol. The van der Waals surface area contributed by atoms with Crippen molar-refractivity contribution in [2.75, 3.05) is 7.11 Å². The van der Waals surface area contributed by atoms with Gasteiger partial charge in [-0.05, 0) is 43.4 Å². The van der Waals surface area contributed by atoms with Crippen LogP contribution in [0.4, 0.5) is 0 Å². The predicted molar refractivity (Wildman–Crippen MR) is 79.1 cm³/mol. The van der Waals surface area contributed by atoms with Gasteiger partial charge in [-0.1, -0.05) is 35.2 Å². The van der Waals surface area contributed by atoms with E-state index in [0.29, 0.717) is 0 Å². The van der Waals surface area contributed by atoms with Gasteiger partial charge in [0.25, 0.3) is 0 Å². The lowest BCUT2D eigenvalue weighted by molar-refractivity contribution is 0.274. The fraction of sp³-hybridized carbons (Fsp3) is 0.600. The molecular formula is C15H22BrNO. The summed E-state index contributed by atoms with van der Waals surface area (Å²) in [6.07, 6.45) is 5.11. The van der Waals surface area contributed by atoms with Crippen molar-refractivity contribution in [3.8, 4) is 5.75 Å². The molecule has 2 N–H and O–H groups in total. The Labute approximate surface area is 118 Å². The summed E-state index contributed by atoms with van der Waals surface area (Å²) >= 11 is 3.61. The van der Waals surface area contributed by atoms with Gasteiger partial charge in [0.05, 0.1) is 7.11 Å². The van der Waals surface area contributed by atoms with Gasteiger partial charge in [-0.25, -0.2) is 0 Å². The molecular weight excluding hydrogens is 290 g/mol. The number of hydrogen-bond acceptors (Lipinski definition) is 2. The number of hydrogen-bond donors (Lipinski definition) is 1. The number of aryl methyl sites for hydroxylation is 1. The van der Waals surface area contributed by atoms with E-state index in [1.54, 1.807) is 7.11 Å². The van der Waals surface area contributed by atoms with Crippen LogP contribution in [0.25, 0.3) is 0 Å². The van der Waals surface area contributed by atoms with Crippen LogP contribution >= 0.6 is 15.9 Å². The Morgan fingerprint density at radius 2 is 2.11 bits per heavy atom. The zero-order valence-corrected chi connectivity index (χ0v) is 13.0. The van der Waals surface area contributed by atoms with Crippen molar-refractivity contribution in [1.82, 2.24) is 0 Å². The fourth-order valence-electron chi connectivity index (χ4n) is 2.80. The van der Waals surface area contributed by atoms with Gasteiger partial charge in [-0.15, -0.1) is 0 Å². The molecule has 1 aromatic carbocycles. The molecule has 3 heteroatoms. The molecule has 1 aliphatic rings. The number of ether oxygens (including phenoxy) is 1. The van der Waals surface area contributed by atoms with Gasteiger partial charge in [0.1, 0.15) is 5.75 Å². The molecule has 18 heavy (non-hydrogen) atoms. The molecule has 0 amide bonds. The lowest BCUT2D eigenvalue weighted by atomic mass is 9.79. The van der Waals surface area contributed by atoms with Gasteiger partial charge in [-0.3, -0.25) is 0 Å². The monoisotopic (exact) mass is 311 g/mol. The number of nitrogens with two attached hydrogens (primary N) is 1. The Morgan fingerprint density at radius 1 is 1.44 bits per heavy atom. The van der Waals surface area contributed by atoms with Crippen molar-refractivity contribution in [1.29, 1.82) is 0 Å². The maximum atomic E-state index is 6.42. The van der Waals surface area contributed by atoms with Crippen molar-refractivity contribution in [2.24, 2.45) is 11.7 Å². The molecule has 1 atom stereocenters. The third-order valence-corrected chi connectivity index (χ3v) is 4.92. The second-order valence-corrected chi connectivity index (χ2v) is 6.24. The van der Waals surface area contributed by atoms with Crippen molar-refractivity contribution in [3.05, 3.63) is 27.2 Å². The molecule has 0 spiro atoms. The minimum atomic E-state index is 0.0847. The topological polar surface area (TPSA) is 35.2 Å². The van der Waals surface area contributed by atoms with Crippen molar-refractivity contribution in [2.45, 2.75) is 45.6 Å². The van der Waals surface area contributed by atoms with Gasteiger partial charge in [0.2, 0.25) is 0 Å². The van der Waals surface area contributed by atoms with E-state index in [0.717, 1.165) is 28.1 Å². The number of halogens is 1. The Balaban J connectivity index is 2.33. The van der Waals surface area contributed by atoms with Gasteiger partial charge in [0, 0.05) is 16.1 Å². The van der Waals surface area contributed by atoms with Gasteiger partial charge in [-0.2, -0.15) is 0 Å². The van der Waals surface area contributed by atoms with Crippen LogP contribution in [0.2, 0.25) is 0 Å². The van der Waals surface area contributed by atoms with Gasteiger partial charge >= 0.3 is 0 Å². The van der Waals surface area contributed by atoms with Crippen molar-refractivity contribution >= 4 is 15.9 Å². The van der Waals surface area contributed by atoms with Crippen LogP contribution in [0.15, 0.2) is 10.5 Å². The minimum Gasteiger partial charge on any atom is -0.496 e. The summed E-state index contributed by atoms with van der Waals surface area (Å²) in [7, 11) is 1.73. The summed E-state index contributed by atoms with van der Waals surface area (Å²) < 4.78 is 6.69. The summed E-state index contributed by atoms with van der Waals surface area (Å²) in [6.45, 7) is 4.19. The van der Waals surface area contributed by atoms with Gasteiger partial charge in [0.15, 0.2) is 0 Å². The maximum absolute atomic E-state index is 6.42. The first-order valence-corrected chi connectivity index (χ1v) is 7.43. The smallest absolute Gasteiger partial charge is 0.126 e. The highest BCUT2D eigenvalue weighted by atomic mass is 79.9. The fourth-order valence-corrected chi connectivity index (χ4v) is 3.36. The van der Waals surface area contributed by atoms with Crippen LogP contribution < -0.4 is 10.5 Å². The van der Waals surface area contributed by atoms with Crippen molar-refractivity contribution in [3.63, 3.8) is 0 Å². The molecule has 0 bridgehead atoms. The molecule has 1 aromatic rings. The summed E-state index contributed by atoms with van der Waals surface area (Å²) in [6, 6.07) is 2.19. The lowest BCUT2D eigenvalue weighted by Crippen LogP contribution is -2.21. The predicted octanol–water partition coefficient (Wildman–Crippen LogP) is 4.26. The van der Waals surface area contributed by atoms with Crippen molar-refractivity contribution < 1.29 is 4.74 Å². The number of rotatable bonds is 4. The zero-order chi connectivity index (χ0) is 13.3. The molecule has 100 valence electrons. The average Bonchev–Trinajstić information content (AvgIpc) is 2.27. The standard InChI is InChI=1S/C15H22BrNO/c1-9-7-12(16)10(2)14(15(9)18-3)13(17)8-11-5-4-6-11/h7,11,13H,4-6,8,17H2,1-3H3. The van der Waals surface area contributed by atoms with Crippen LogP contribution in [-0.2, 0) is 0 Å². The molecule has 0 heterocycles. The molecule has 1 fully saturated rings. The van der Waals surface area contributed by atoms with E-state index in [2.05, 4.69) is 35.8 Å². The van der Waals surface area contributed by atoms with E-state index in [-0.39, 0.29) is 6.04 Å². The molecule has 1 saturated carbocycles. The first-order chi connectivity index (χ1) is 8.54. The Bertz CT molecular complexity index is 441. The Morgan fingerprint density at radius 3 is 2.61 bits per heavy atom.